The van der Waals surface area contributed by atoms with E-state index in [1.807, 2.05) is 0 Å². The van der Waals surface area contributed by atoms with Gasteiger partial charge in [-0.15, -0.1) is 0 Å². The maximum Gasteiger partial charge on any atom is 0.141 e. The van der Waals surface area contributed by atoms with E-state index in [4.69, 9.17) is 0 Å². The number of hydrogen-bond acceptors (Lipinski definition) is 2. The highest BCUT2D eigenvalue weighted by Gasteiger charge is 2.10. The van der Waals surface area contributed by atoms with Gasteiger partial charge >= 0.3 is 0 Å². The lowest BCUT2D eigenvalue weighted by molar-refractivity contribution is 0.213. The third-order valence-corrected chi connectivity index (χ3v) is 3.02. The third-order valence-electron chi connectivity index (χ3n) is 2.46. The number of nitrogens with zero attached hydrogens (tertiary/aromatic N) is 2. The van der Waals surface area contributed by atoms with Crippen LogP contribution in [-0.2, 0) is 6.54 Å². The summed E-state index contributed by atoms with van der Waals surface area (Å²) in [7, 11) is 0. The van der Waals surface area contributed by atoms with E-state index in [0.29, 0.717) is 6.04 Å². The van der Waals surface area contributed by atoms with Crippen LogP contribution < -0.4 is 0 Å². The van der Waals surface area contributed by atoms with Crippen LogP contribution in [0.3, 0.4) is 0 Å². The highest BCUT2D eigenvalue weighted by atomic mass is 79.9. The standard InChI is InChI=1S/C12H18BrFN2/c1-10(2)16(5-3-4-13)9-11-6-12(14)8-15-7-11/h6-8,10H,3-5,9H2,1-2H3. The van der Waals surface area contributed by atoms with E-state index in [1.165, 1.54) is 6.20 Å². The van der Waals surface area contributed by atoms with Crippen molar-refractivity contribution in [2.24, 2.45) is 0 Å². The number of rotatable bonds is 6. The van der Waals surface area contributed by atoms with Gasteiger partial charge in [-0.2, -0.15) is 0 Å². The molecule has 4 heteroatoms. The number of alkyl halides is 1. The monoisotopic (exact) mass is 288 g/mol. The Hall–Kier alpha value is -0.480. The Balaban J connectivity index is 2.60. The number of pyridine rings is 1. The topological polar surface area (TPSA) is 16.1 Å². The van der Waals surface area contributed by atoms with Gasteiger partial charge in [0.25, 0.3) is 0 Å². The molecule has 0 saturated carbocycles. The summed E-state index contributed by atoms with van der Waals surface area (Å²) < 4.78 is 13.0. The second-order valence-electron chi connectivity index (χ2n) is 4.12. The van der Waals surface area contributed by atoms with Gasteiger partial charge in [0, 0.05) is 24.1 Å². The lowest BCUT2D eigenvalue weighted by Crippen LogP contribution is -2.31. The van der Waals surface area contributed by atoms with Gasteiger partial charge in [0.05, 0.1) is 6.20 Å². The molecule has 0 N–H and O–H groups in total. The molecule has 0 radical (unpaired) electrons. The molecule has 0 aliphatic heterocycles. The number of hydrogen-bond donors (Lipinski definition) is 0. The molecule has 16 heavy (non-hydrogen) atoms. The summed E-state index contributed by atoms with van der Waals surface area (Å²) in [5.74, 6) is -0.262. The van der Waals surface area contributed by atoms with E-state index in [1.54, 1.807) is 12.3 Å². The van der Waals surface area contributed by atoms with Gasteiger partial charge in [0.1, 0.15) is 5.82 Å². The van der Waals surface area contributed by atoms with Crippen molar-refractivity contribution < 1.29 is 4.39 Å². The molecule has 0 unspecified atom stereocenters. The Morgan fingerprint density at radius 3 is 2.75 bits per heavy atom. The van der Waals surface area contributed by atoms with Gasteiger partial charge in [0.15, 0.2) is 0 Å². The van der Waals surface area contributed by atoms with E-state index >= 15 is 0 Å². The number of aromatic nitrogens is 1. The van der Waals surface area contributed by atoms with Crippen LogP contribution in [0.25, 0.3) is 0 Å². The molecule has 1 heterocycles. The smallest absolute Gasteiger partial charge is 0.141 e. The SMILES string of the molecule is CC(C)N(CCCBr)Cc1cncc(F)c1. The molecule has 0 aliphatic rings. The molecule has 1 rings (SSSR count). The Bertz CT molecular complexity index is 318. The van der Waals surface area contributed by atoms with Crippen molar-refractivity contribution in [3.8, 4) is 0 Å². The van der Waals surface area contributed by atoms with Crippen LogP contribution in [0.1, 0.15) is 25.8 Å². The van der Waals surface area contributed by atoms with Crippen LogP contribution in [0.2, 0.25) is 0 Å². The van der Waals surface area contributed by atoms with E-state index in [0.717, 1.165) is 30.4 Å². The van der Waals surface area contributed by atoms with Crippen molar-refractivity contribution in [3.05, 3.63) is 29.8 Å². The summed E-state index contributed by atoms with van der Waals surface area (Å²) >= 11 is 3.43. The lowest BCUT2D eigenvalue weighted by Gasteiger charge is -2.26. The highest BCUT2D eigenvalue weighted by Crippen LogP contribution is 2.09. The molecule has 0 bridgehead atoms. The zero-order valence-electron chi connectivity index (χ0n) is 9.79. The van der Waals surface area contributed by atoms with Gasteiger partial charge in [-0.25, -0.2) is 4.39 Å². The van der Waals surface area contributed by atoms with Crippen LogP contribution in [0, 0.1) is 5.82 Å². The van der Waals surface area contributed by atoms with Crippen molar-refractivity contribution in [1.82, 2.24) is 9.88 Å². The molecule has 2 nitrogen and oxygen atoms in total. The predicted octanol–water partition coefficient (Wildman–Crippen LogP) is 3.22. The average molecular weight is 289 g/mol. The summed E-state index contributed by atoms with van der Waals surface area (Å²) in [5.41, 5.74) is 0.934. The molecule has 90 valence electrons. The highest BCUT2D eigenvalue weighted by molar-refractivity contribution is 9.09. The summed E-state index contributed by atoms with van der Waals surface area (Å²) in [4.78, 5) is 6.18. The van der Waals surface area contributed by atoms with Crippen LogP contribution in [0.5, 0.6) is 0 Å². The molecule has 1 aromatic heterocycles. The first-order chi connectivity index (χ1) is 7.63. The molecule has 0 fully saturated rings. The van der Waals surface area contributed by atoms with E-state index < -0.39 is 0 Å². The normalized spacial score (nSPS) is 11.4. The van der Waals surface area contributed by atoms with Gasteiger partial charge in [-0.3, -0.25) is 9.88 Å². The second kappa shape index (κ2) is 6.97. The van der Waals surface area contributed by atoms with Crippen molar-refractivity contribution in [2.75, 3.05) is 11.9 Å². The zero-order chi connectivity index (χ0) is 12.0. The molecule has 0 aliphatic carbocycles. The Morgan fingerprint density at radius 2 is 2.19 bits per heavy atom. The minimum absolute atomic E-state index is 0.262. The molecule has 1 aromatic rings. The Labute approximate surface area is 105 Å². The predicted molar refractivity (Wildman–Crippen MR) is 68.2 cm³/mol. The summed E-state index contributed by atoms with van der Waals surface area (Å²) in [6, 6.07) is 2.01. The summed E-state index contributed by atoms with van der Waals surface area (Å²) in [6.45, 7) is 6.08. The Kier molecular flexibility index (Phi) is 5.91. The molecule has 0 aromatic carbocycles. The van der Waals surface area contributed by atoms with Gasteiger partial charge < -0.3 is 0 Å². The fraction of sp³-hybridized carbons (Fsp3) is 0.583. The van der Waals surface area contributed by atoms with Crippen molar-refractivity contribution in [3.63, 3.8) is 0 Å². The number of halogens is 2. The molecule has 0 amide bonds. The molecular formula is C12H18BrFN2. The average Bonchev–Trinajstić information content (AvgIpc) is 2.24. The fourth-order valence-corrected chi connectivity index (χ4v) is 1.81. The van der Waals surface area contributed by atoms with Crippen molar-refractivity contribution in [1.29, 1.82) is 0 Å². The lowest BCUT2D eigenvalue weighted by atomic mass is 10.2. The van der Waals surface area contributed by atoms with E-state index in [-0.39, 0.29) is 5.82 Å². The van der Waals surface area contributed by atoms with E-state index in [9.17, 15) is 4.39 Å². The van der Waals surface area contributed by atoms with Gasteiger partial charge in [-0.05, 0) is 38.4 Å². The largest absolute Gasteiger partial charge is 0.297 e. The Morgan fingerprint density at radius 1 is 1.44 bits per heavy atom. The first kappa shape index (κ1) is 13.6. The first-order valence-electron chi connectivity index (χ1n) is 5.53. The minimum atomic E-state index is -0.262. The summed E-state index contributed by atoms with van der Waals surface area (Å²) in [5, 5.41) is 0.998. The van der Waals surface area contributed by atoms with Crippen LogP contribution >= 0.6 is 15.9 Å². The van der Waals surface area contributed by atoms with Crippen LogP contribution in [-0.4, -0.2) is 27.8 Å². The van der Waals surface area contributed by atoms with Crippen molar-refractivity contribution >= 4 is 15.9 Å². The zero-order valence-corrected chi connectivity index (χ0v) is 11.4. The van der Waals surface area contributed by atoms with Crippen molar-refractivity contribution in [2.45, 2.75) is 32.9 Å². The molecule has 0 atom stereocenters. The maximum atomic E-state index is 13.0. The quantitative estimate of drug-likeness (QED) is 0.748. The molecular weight excluding hydrogens is 271 g/mol. The first-order valence-corrected chi connectivity index (χ1v) is 6.65. The van der Waals surface area contributed by atoms with Crippen LogP contribution in [0.4, 0.5) is 4.39 Å². The second-order valence-corrected chi connectivity index (χ2v) is 4.91. The van der Waals surface area contributed by atoms with Gasteiger partial charge in [-0.1, -0.05) is 15.9 Å². The molecule has 0 spiro atoms. The van der Waals surface area contributed by atoms with E-state index in [2.05, 4.69) is 39.7 Å². The summed E-state index contributed by atoms with van der Waals surface area (Å²) in [6.07, 6.45) is 4.06. The maximum absolute atomic E-state index is 13.0. The minimum Gasteiger partial charge on any atom is -0.297 e. The molecule has 0 saturated heterocycles. The van der Waals surface area contributed by atoms with Gasteiger partial charge in [0.2, 0.25) is 0 Å². The third kappa shape index (κ3) is 4.58. The fourth-order valence-electron chi connectivity index (χ4n) is 1.56. The van der Waals surface area contributed by atoms with Crippen LogP contribution in [0.15, 0.2) is 18.5 Å².